The number of ether oxygens (including phenoxy) is 3. The fourth-order valence-electron chi connectivity index (χ4n) is 3.75. The Balaban J connectivity index is 1.70. The predicted molar refractivity (Wildman–Crippen MR) is 119 cm³/mol. The van der Waals surface area contributed by atoms with Crippen LogP contribution in [0.15, 0.2) is 35.3 Å². The first kappa shape index (κ1) is 21.6. The van der Waals surface area contributed by atoms with Crippen LogP contribution in [0.4, 0.5) is 5.95 Å². The van der Waals surface area contributed by atoms with E-state index in [1.54, 1.807) is 51.7 Å². The van der Waals surface area contributed by atoms with Crippen molar-refractivity contribution in [2.45, 2.75) is 19.0 Å². The summed E-state index contributed by atoms with van der Waals surface area (Å²) >= 11 is 0. The van der Waals surface area contributed by atoms with Gasteiger partial charge < -0.3 is 24.8 Å². The molecule has 1 aromatic carbocycles. The zero-order valence-electron chi connectivity index (χ0n) is 18.3. The van der Waals surface area contributed by atoms with E-state index in [9.17, 15) is 9.59 Å². The van der Waals surface area contributed by atoms with E-state index in [0.717, 1.165) is 0 Å². The maximum Gasteiger partial charge on any atom is 0.259 e. The molecule has 0 saturated carbocycles. The quantitative estimate of drug-likeness (QED) is 0.591. The number of methoxy groups -OCH3 is 2. The molecule has 32 heavy (non-hydrogen) atoms. The lowest BCUT2D eigenvalue weighted by Gasteiger charge is -2.19. The van der Waals surface area contributed by atoms with Crippen LogP contribution in [-0.4, -0.2) is 60.0 Å². The number of amides is 1. The Morgan fingerprint density at radius 1 is 1.12 bits per heavy atom. The Labute approximate surface area is 184 Å². The van der Waals surface area contributed by atoms with E-state index in [0.29, 0.717) is 52.8 Å². The lowest BCUT2D eigenvalue weighted by molar-refractivity contribution is -0.119. The third-order valence-electron chi connectivity index (χ3n) is 5.39. The Morgan fingerprint density at radius 3 is 2.47 bits per heavy atom. The van der Waals surface area contributed by atoms with E-state index in [4.69, 9.17) is 14.2 Å². The number of anilines is 1. The van der Waals surface area contributed by atoms with Crippen molar-refractivity contribution in [2.75, 3.05) is 32.8 Å². The zero-order valence-corrected chi connectivity index (χ0v) is 18.3. The molecule has 2 N–H and O–H groups in total. The monoisotopic (exact) mass is 439 g/mol. The molecule has 4 rings (SSSR count). The van der Waals surface area contributed by atoms with E-state index >= 15 is 0 Å². The predicted octanol–water partition coefficient (Wildman–Crippen LogP) is 1.33. The molecule has 10 heteroatoms. The number of hydrogen-bond donors (Lipinski definition) is 2. The normalized spacial score (nSPS) is 17.9. The number of nitrogens with one attached hydrogen (secondary N) is 2. The average molecular weight is 439 g/mol. The Bertz CT molecular complexity index is 1200. The lowest BCUT2D eigenvalue weighted by atomic mass is 10.1. The third kappa shape index (κ3) is 4.22. The van der Waals surface area contributed by atoms with Gasteiger partial charge in [0.25, 0.3) is 5.56 Å². The molecule has 1 aliphatic heterocycles. The minimum absolute atomic E-state index is 0.129. The molecule has 1 amide bonds. The van der Waals surface area contributed by atoms with Gasteiger partial charge in [0, 0.05) is 37.2 Å². The maximum absolute atomic E-state index is 13.1. The summed E-state index contributed by atoms with van der Waals surface area (Å²) in [5.74, 6) is 1.40. The lowest BCUT2D eigenvalue weighted by Crippen LogP contribution is -2.45. The number of fused-ring (bicyclic) bond motifs is 1. The second-order valence-corrected chi connectivity index (χ2v) is 7.59. The van der Waals surface area contributed by atoms with E-state index in [2.05, 4.69) is 20.6 Å². The number of carbonyl (C=O) groups excluding carboxylic acids is 1. The molecule has 1 aliphatic rings. The van der Waals surface area contributed by atoms with Gasteiger partial charge in [0.15, 0.2) is 0 Å². The average Bonchev–Trinajstić information content (AvgIpc) is 3.21. The van der Waals surface area contributed by atoms with E-state index in [1.807, 2.05) is 0 Å². The van der Waals surface area contributed by atoms with Gasteiger partial charge in [-0.3, -0.25) is 14.2 Å². The highest BCUT2D eigenvalue weighted by molar-refractivity contribution is 5.82. The first-order valence-electron chi connectivity index (χ1n) is 10.1. The fraction of sp³-hybridized carbons (Fsp3) is 0.364. The van der Waals surface area contributed by atoms with Gasteiger partial charge in [-0.25, -0.2) is 4.98 Å². The van der Waals surface area contributed by atoms with Gasteiger partial charge in [0.1, 0.15) is 17.1 Å². The minimum atomic E-state index is -0.210. The van der Waals surface area contributed by atoms with Crippen molar-refractivity contribution < 1.29 is 19.0 Å². The summed E-state index contributed by atoms with van der Waals surface area (Å²) < 4.78 is 17.6. The second-order valence-electron chi connectivity index (χ2n) is 7.59. The van der Waals surface area contributed by atoms with Crippen molar-refractivity contribution in [3.8, 4) is 22.6 Å². The highest BCUT2D eigenvalue weighted by Gasteiger charge is 2.29. The van der Waals surface area contributed by atoms with Crippen LogP contribution in [0.25, 0.3) is 22.2 Å². The van der Waals surface area contributed by atoms with Crippen molar-refractivity contribution in [3.05, 3.63) is 40.8 Å². The SMILES string of the molecule is COc1cc(OC)cc(-c2cc3cnc(N[C@@H]4COC[C@@H]4NC(C)=O)nc3n(C)c2=O)c1. The molecular weight excluding hydrogens is 414 g/mol. The van der Waals surface area contributed by atoms with Crippen LogP contribution in [0.1, 0.15) is 6.92 Å². The fourth-order valence-corrected chi connectivity index (χ4v) is 3.75. The van der Waals surface area contributed by atoms with Crippen LogP contribution < -0.4 is 25.7 Å². The van der Waals surface area contributed by atoms with Gasteiger partial charge in [0.05, 0.1) is 39.5 Å². The van der Waals surface area contributed by atoms with Crippen LogP contribution in [0.3, 0.4) is 0 Å². The summed E-state index contributed by atoms with van der Waals surface area (Å²) in [6, 6.07) is 6.72. The van der Waals surface area contributed by atoms with Crippen molar-refractivity contribution in [2.24, 2.45) is 7.05 Å². The summed E-state index contributed by atoms with van der Waals surface area (Å²) in [4.78, 5) is 33.5. The van der Waals surface area contributed by atoms with Crippen molar-refractivity contribution in [1.29, 1.82) is 0 Å². The number of pyridine rings is 1. The van der Waals surface area contributed by atoms with Crippen LogP contribution >= 0.6 is 0 Å². The van der Waals surface area contributed by atoms with Gasteiger partial charge in [-0.2, -0.15) is 4.98 Å². The molecule has 3 heterocycles. The van der Waals surface area contributed by atoms with Crippen molar-refractivity contribution in [1.82, 2.24) is 19.9 Å². The molecule has 0 radical (unpaired) electrons. The molecule has 2 aromatic heterocycles. The van der Waals surface area contributed by atoms with E-state index < -0.39 is 0 Å². The maximum atomic E-state index is 13.1. The van der Waals surface area contributed by atoms with Gasteiger partial charge in [-0.15, -0.1) is 0 Å². The number of aromatic nitrogens is 3. The molecule has 0 bridgehead atoms. The van der Waals surface area contributed by atoms with Crippen molar-refractivity contribution >= 4 is 22.9 Å². The standard InChI is InChI=1S/C22H25N5O5/c1-12(28)24-18-10-32-11-19(18)25-22-23-9-14-7-17(21(29)27(2)20(14)26-22)13-5-15(30-3)8-16(6-13)31-4/h5-9,18-19H,10-11H2,1-4H3,(H,24,28)(H,23,25,26)/t18-,19+/m0/s1. The number of benzene rings is 1. The van der Waals surface area contributed by atoms with Gasteiger partial charge >= 0.3 is 0 Å². The molecule has 1 saturated heterocycles. The number of hydrogen-bond acceptors (Lipinski definition) is 8. The molecule has 168 valence electrons. The molecule has 1 fully saturated rings. The largest absolute Gasteiger partial charge is 0.497 e. The van der Waals surface area contributed by atoms with Gasteiger partial charge in [0.2, 0.25) is 11.9 Å². The highest BCUT2D eigenvalue weighted by Crippen LogP contribution is 2.29. The Kier molecular flexibility index (Phi) is 5.95. The molecule has 0 spiro atoms. The van der Waals surface area contributed by atoms with E-state index in [1.165, 1.54) is 11.5 Å². The van der Waals surface area contributed by atoms with Gasteiger partial charge in [-0.05, 0) is 23.8 Å². The Morgan fingerprint density at radius 2 is 1.81 bits per heavy atom. The highest BCUT2D eigenvalue weighted by atomic mass is 16.5. The van der Waals surface area contributed by atoms with E-state index in [-0.39, 0.29) is 23.6 Å². The minimum Gasteiger partial charge on any atom is -0.497 e. The molecule has 3 aromatic rings. The summed E-state index contributed by atoms with van der Waals surface area (Å²) in [5.41, 5.74) is 1.43. The topological polar surface area (TPSA) is 117 Å². The summed E-state index contributed by atoms with van der Waals surface area (Å²) in [6.07, 6.45) is 1.66. The first-order chi connectivity index (χ1) is 15.4. The van der Waals surface area contributed by atoms with Crippen LogP contribution in [-0.2, 0) is 16.6 Å². The second kappa shape index (κ2) is 8.83. The molecule has 10 nitrogen and oxygen atoms in total. The first-order valence-corrected chi connectivity index (χ1v) is 10.1. The van der Waals surface area contributed by atoms with Crippen LogP contribution in [0.2, 0.25) is 0 Å². The van der Waals surface area contributed by atoms with Crippen LogP contribution in [0.5, 0.6) is 11.5 Å². The number of nitrogens with zero attached hydrogens (tertiary/aromatic N) is 3. The smallest absolute Gasteiger partial charge is 0.259 e. The zero-order chi connectivity index (χ0) is 22.8. The van der Waals surface area contributed by atoms with Gasteiger partial charge in [-0.1, -0.05) is 0 Å². The van der Waals surface area contributed by atoms with Crippen LogP contribution in [0, 0.1) is 0 Å². The Hall–Kier alpha value is -3.66. The number of rotatable bonds is 6. The third-order valence-corrected chi connectivity index (χ3v) is 5.39. The summed E-state index contributed by atoms with van der Waals surface area (Å²) in [7, 11) is 4.79. The number of carbonyl (C=O) groups is 1. The molecule has 2 atom stereocenters. The molecule has 0 aliphatic carbocycles. The van der Waals surface area contributed by atoms with Crippen molar-refractivity contribution in [3.63, 3.8) is 0 Å². The molecule has 0 unspecified atom stereocenters. The summed E-state index contributed by atoms with van der Waals surface area (Å²) in [6.45, 7) is 2.30. The molecular formula is C22H25N5O5. The summed E-state index contributed by atoms with van der Waals surface area (Å²) in [5, 5.41) is 6.76. The number of aryl methyl sites for hydroxylation is 1.